The SMILES string of the molecule is CSC1=C(N(C)C)C(=O)c2cn(C)c(=O)cc2C1=O. The predicted octanol–water partition coefficient (Wildman–Crippen LogP) is 0.900. The van der Waals surface area contributed by atoms with Gasteiger partial charge in [0.1, 0.15) is 5.70 Å². The number of ketones is 2. The van der Waals surface area contributed by atoms with Gasteiger partial charge in [-0.3, -0.25) is 14.4 Å². The zero-order valence-electron chi connectivity index (χ0n) is 11.2. The lowest BCUT2D eigenvalue weighted by atomic mass is 9.93. The number of Topliss-reactive ketones (excluding diaryl/α,β-unsaturated/α-hetero) is 2. The van der Waals surface area contributed by atoms with Gasteiger partial charge in [-0.25, -0.2) is 0 Å². The highest BCUT2D eigenvalue weighted by Crippen LogP contribution is 2.31. The number of carbonyl (C=O) groups is 2. The van der Waals surface area contributed by atoms with E-state index in [4.69, 9.17) is 0 Å². The van der Waals surface area contributed by atoms with Gasteiger partial charge in [-0.1, -0.05) is 0 Å². The number of carbonyl (C=O) groups excluding carboxylic acids is 2. The maximum absolute atomic E-state index is 12.5. The van der Waals surface area contributed by atoms with Crippen molar-refractivity contribution in [2.75, 3.05) is 20.4 Å². The van der Waals surface area contributed by atoms with E-state index in [0.29, 0.717) is 10.6 Å². The molecule has 6 heteroatoms. The maximum atomic E-state index is 12.5. The zero-order chi connectivity index (χ0) is 14.3. The fraction of sp³-hybridized carbons (Fsp3) is 0.308. The van der Waals surface area contributed by atoms with Crippen molar-refractivity contribution in [2.24, 2.45) is 7.05 Å². The minimum absolute atomic E-state index is 0.197. The van der Waals surface area contributed by atoms with Crippen LogP contribution in [0, 0.1) is 0 Å². The summed E-state index contributed by atoms with van der Waals surface area (Å²) in [5.74, 6) is -0.483. The first-order chi connectivity index (χ1) is 8.88. The Hall–Kier alpha value is -1.82. The van der Waals surface area contributed by atoms with Gasteiger partial charge >= 0.3 is 0 Å². The number of rotatable bonds is 2. The minimum Gasteiger partial charge on any atom is -0.373 e. The molecule has 0 radical (unpaired) electrons. The van der Waals surface area contributed by atoms with E-state index in [2.05, 4.69) is 0 Å². The Morgan fingerprint density at radius 2 is 1.74 bits per heavy atom. The van der Waals surface area contributed by atoms with E-state index in [-0.39, 0.29) is 28.3 Å². The standard InChI is InChI=1S/C13H14N2O3S/c1-14(2)10-11(17)8-6-15(3)9(16)5-7(8)12(18)13(10)19-4/h5-6H,1-4H3. The topological polar surface area (TPSA) is 59.4 Å². The van der Waals surface area contributed by atoms with Crippen molar-refractivity contribution >= 4 is 23.3 Å². The van der Waals surface area contributed by atoms with Gasteiger partial charge in [0.2, 0.25) is 11.6 Å². The lowest BCUT2D eigenvalue weighted by Gasteiger charge is -2.24. The lowest BCUT2D eigenvalue weighted by Crippen LogP contribution is -2.31. The quantitative estimate of drug-likeness (QED) is 0.804. The summed E-state index contributed by atoms with van der Waals surface area (Å²) < 4.78 is 1.31. The minimum atomic E-state index is -0.298. The molecule has 100 valence electrons. The molecule has 0 aromatic carbocycles. The van der Waals surface area contributed by atoms with Gasteiger partial charge in [0.15, 0.2) is 0 Å². The van der Waals surface area contributed by atoms with Crippen LogP contribution < -0.4 is 5.56 Å². The molecule has 0 amide bonds. The summed E-state index contributed by atoms with van der Waals surface area (Å²) in [7, 11) is 5.01. The molecule has 0 unspecified atom stereocenters. The van der Waals surface area contributed by atoms with Crippen molar-refractivity contribution in [1.29, 1.82) is 0 Å². The summed E-state index contributed by atoms with van der Waals surface area (Å²) in [5, 5.41) is 0. The molecule has 0 saturated carbocycles. The Kier molecular flexibility index (Phi) is 3.36. The number of likely N-dealkylation sites (N-methyl/N-ethyl adjacent to an activating group) is 1. The summed E-state index contributed by atoms with van der Waals surface area (Å²) in [6, 6.07) is 1.23. The molecule has 0 spiro atoms. The highest BCUT2D eigenvalue weighted by molar-refractivity contribution is 8.03. The largest absolute Gasteiger partial charge is 0.373 e. The van der Waals surface area contributed by atoms with Gasteiger partial charge in [0.25, 0.3) is 5.56 Å². The van der Waals surface area contributed by atoms with Crippen LogP contribution >= 0.6 is 11.8 Å². The fourth-order valence-electron chi connectivity index (χ4n) is 2.05. The molecule has 1 heterocycles. The normalized spacial score (nSPS) is 14.7. The second-order valence-corrected chi connectivity index (χ2v) is 5.30. The number of fused-ring (bicyclic) bond motifs is 1. The van der Waals surface area contributed by atoms with Crippen LogP contribution in [-0.2, 0) is 7.05 Å². The molecule has 1 aromatic rings. The molecule has 5 nitrogen and oxygen atoms in total. The van der Waals surface area contributed by atoms with Gasteiger partial charge in [0, 0.05) is 39.0 Å². The van der Waals surface area contributed by atoms with Crippen molar-refractivity contribution in [1.82, 2.24) is 9.47 Å². The van der Waals surface area contributed by atoms with E-state index < -0.39 is 0 Å². The third kappa shape index (κ3) is 2.02. The molecule has 0 N–H and O–H groups in total. The molecule has 2 rings (SSSR count). The van der Waals surface area contributed by atoms with Crippen LogP contribution in [0.1, 0.15) is 20.7 Å². The Labute approximate surface area is 114 Å². The monoisotopic (exact) mass is 278 g/mol. The maximum Gasteiger partial charge on any atom is 0.251 e. The summed E-state index contributed by atoms with van der Waals surface area (Å²) in [5.41, 5.74) is 0.564. The molecular formula is C13H14N2O3S. The van der Waals surface area contributed by atoms with Crippen LogP contribution in [0.5, 0.6) is 0 Å². The van der Waals surface area contributed by atoms with Crippen LogP contribution in [-0.4, -0.2) is 41.4 Å². The Morgan fingerprint density at radius 1 is 1.11 bits per heavy atom. The Bertz CT molecular complexity index is 671. The van der Waals surface area contributed by atoms with E-state index in [1.54, 1.807) is 32.3 Å². The van der Waals surface area contributed by atoms with Crippen molar-refractivity contribution < 1.29 is 9.59 Å². The third-order valence-electron chi connectivity index (χ3n) is 3.01. The fourth-order valence-corrected chi connectivity index (χ4v) is 2.82. The molecule has 0 aliphatic heterocycles. The Morgan fingerprint density at radius 3 is 2.26 bits per heavy atom. The number of hydrogen-bond acceptors (Lipinski definition) is 5. The lowest BCUT2D eigenvalue weighted by molar-refractivity contribution is 0.0958. The van der Waals surface area contributed by atoms with Crippen molar-refractivity contribution in [3.63, 3.8) is 0 Å². The number of thioether (sulfide) groups is 1. The molecule has 19 heavy (non-hydrogen) atoms. The number of pyridine rings is 1. The summed E-state index contributed by atoms with van der Waals surface area (Å²) in [6.45, 7) is 0. The second kappa shape index (κ2) is 4.70. The number of hydrogen-bond donors (Lipinski definition) is 0. The second-order valence-electron chi connectivity index (χ2n) is 4.48. The van der Waals surface area contributed by atoms with Crippen molar-refractivity contribution in [3.05, 3.63) is 44.3 Å². The first-order valence-corrected chi connectivity index (χ1v) is 6.86. The molecule has 0 fully saturated rings. The van der Waals surface area contributed by atoms with E-state index in [1.807, 2.05) is 0 Å². The van der Waals surface area contributed by atoms with Gasteiger partial charge in [0.05, 0.1) is 10.5 Å². The van der Waals surface area contributed by atoms with E-state index in [9.17, 15) is 14.4 Å². The van der Waals surface area contributed by atoms with Crippen LogP contribution in [0.2, 0.25) is 0 Å². The first-order valence-electron chi connectivity index (χ1n) is 5.64. The highest BCUT2D eigenvalue weighted by Gasteiger charge is 2.33. The molecule has 1 aromatic heterocycles. The van der Waals surface area contributed by atoms with Crippen molar-refractivity contribution in [2.45, 2.75) is 0 Å². The number of aromatic nitrogens is 1. The number of allylic oxidation sites excluding steroid dienone is 2. The third-order valence-corrected chi connectivity index (χ3v) is 3.79. The van der Waals surface area contributed by atoms with E-state index in [0.717, 1.165) is 0 Å². The summed E-state index contributed by atoms with van der Waals surface area (Å²) in [6.07, 6.45) is 3.18. The van der Waals surface area contributed by atoms with Gasteiger partial charge in [-0.05, 0) is 6.26 Å². The molecule has 0 atom stereocenters. The average molecular weight is 278 g/mol. The van der Waals surface area contributed by atoms with Crippen LogP contribution in [0.4, 0.5) is 0 Å². The summed E-state index contributed by atoms with van der Waals surface area (Å²) in [4.78, 5) is 38.5. The van der Waals surface area contributed by atoms with Crippen molar-refractivity contribution in [3.8, 4) is 0 Å². The molecule has 1 aliphatic rings. The van der Waals surface area contributed by atoms with Crippen LogP contribution in [0.3, 0.4) is 0 Å². The molecular weight excluding hydrogens is 264 g/mol. The summed E-state index contributed by atoms with van der Waals surface area (Å²) >= 11 is 1.23. The highest BCUT2D eigenvalue weighted by atomic mass is 32.2. The van der Waals surface area contributed by atoms with Crippen LogP contribution in [0.25, 0.3) is 0 Å². The molecule has 0 saturated heterocycles. The average Bonchev–Trinajstić information content (AvgIpc) is 2.35. The molecule has 0 bridgehead atoms. The smallest absolute Gasteiger partial charge is 0.251 e. The van der Waals surface area contributed by atoms with Crippen LogP contribution in [0.15, 0.2) is 27.7 Å². The van der Waals surface area contributed by atoms with E-state index in [1.165, 1.54) is 28.6 Å². The predicted molar refractivity (Wildman–Crippen MR) is 74.6 cm³/mol. The van der Waals surface area contributed by atoms with E-state index >= 15 is 0 Å². The molecule has 1 aliphatic carbocycles. The van der Waals surface area contributed by atoms with Gasteiger partial charge in [-0.2, -0.15) is 0 Å². The number of aryl methyl sites for hydroxylation is 1. The number of nitrogens with zero attached hydrogens (tertiary/aromatic N) is 2. The Balaban J connectivity index is 2.77. The zero-order valence-corrected chi connectivity index (χ0v) is 12.0. The van der Waals surface area contributed by atoms with Gasteiger partial charge in [-0.15, -0.1) is 11.8 Å². The first kappa shape index (κ1) is 13.6. The van der Waals surface area contributed by atoms with Gasteiger partial charge < -0.3 is 9.47 Å².